The van der Waals surface area contributed by atoms with E-state index in [4.69, 9.17) is 11.6 Å². The van der Waals surface area contributed by atoms with Gasteiger partial charge in [-0.3, -0.25) is 4.79 Å². The quantitative estimate of drug-likeness (QED) is 0.729. The molecule has 0 aliphatic rings. The molecule has 1 aromatic heterocycles. The van der Waals surface area contributed by atoms with Gasteiger partial charge in [0.05, 0.1) is 0 Å². The lowest BCUT2D eigenvalue weighted by Crippen LogP contribution is -2.24. The van der Waals surface area contributed by atoms with Crippen LogP contribution in [0.2, 0.25) is 5.02 Å². The van der Waals surface area contributed by atoms with Gasteiger partial charge in [-0.1, -0.05) is 23.7 Å². The third-order valence-corrected chi connectivity index (χ3v) is 4.37. The molecule has 0 radical (unpaired) electrons. The Morgan fingerprint density at radius 2 is 2.04 bits per heavy atom. The highest BCUT2D eigenvalue weighted by Gasteiger charge is 2.18. The molecule has 0 aliphatic heterocycles. The number of hydrogen-bond donors (Lipinski definition) is 1. The van der Waals surface area contributed by atoms with Crippen LogP contribution in [-0.2, 0) is 6.42 Å². The Bertz CT molecular complexity index is 659. The maximum Gasteiger partial charge on any atom is 0.387 e. The zero-order chi connectivity index (χ0) is 16.8. The highest BCUT2D eigenvalue weighted by Crippen LogP contribution is 2.30. The molecule has 1 aromatic carbocycles. The Morgan fingerprint density at radius 3 is 2.70 bits per heavy atom. The van der Waals surface area contributed by atoms with Crippen molar-refractivity contribution in [2.24, 2.45) is 0 Å². The zero-order valence-corrected chi connectivity index (χ0v) is 14.0. The Morgan fingerprint density at radius 1 is 1.35 bits per heavy atom. The number of thiophene rings is 1. The first-order valence-corrected chi connectivity index (χ1v) is 8.23. The third kappa shape index (κ3) is 5.48. The minimum Gasteiger partial charge on any atom is -0.433 e. The van der Waals surface area contributed by atoms with Gasteiger partial charge in [-0.15, -0.1) is 11.3 Å². The lowest BCUT2D eigenvalue weighted by molar-refractivity contribution is -0.0498. The van der Waals surface area contributed by atoms with Gasteiger partial charge >= 0.3 is 6.61 Å². The standard InChI is InChI=1S/C16H16ClF2NO2S/c1-10-9-13(22-16(18)19)14(23-10)15(21)20-8-2-3-11-4-6-12(17)7-5-11/h4-7,9,16H,2-3,8H2,1H3,(H,20,21). The fourth-order valence-electron chi connectivity index (χ4n) is 2.06. The van der Waals surface area contributed by atoms with Crippen molar-refractivity contribution in [1.82, 2.24) is 5.32 Å². The summed E-state index contributed by atoms with van der Waals surface area (Å²) in [5.41, 5.74) is 1.12. The summed E-state index contributed by atoms with van der Waals surface area (Å²) < 4.78 is 29.1. The second-order valence-corrected chi connectivity index (χ2v) is 6.61. The Balaban J connectivity index is 1.84. The van der Waals surface area contributed by atoms with Crippen LogP contribution in [0.15, 0.2) is 30.3 Å². The maximum absolute atomic E-state index is 12.3. The van der Waals surface area contributed by atoms with Crippen LogP contribution in [-0.4, -0.2) is 19.1 Å². The van der Waals surface area contributed by atoms with E-state index in [9.17, 15) is 13.6 Å². The molecule has 0 saturated heterocycles. The Labute approximate surface area is 142 Å². The summed E-state index contributed by atoms with van der Waals surface area (Å²) >= 11 is 6.95. The van der Waals surface area contributed by atoms with E-state index in [1.54, 1.807) is 6.92 Å². The van der Waals surface area contributed by atoms with Gasteiger partial charge in [-0.2, -0.15) is 8.78 Å². The fraction of sp³-hybridized carbons (Fsp3) is 0.312. The lowest BCUT2D eigenvalue weighted by atomic mass is 10.1. The summed E-state index contributed by atoms with van der Waals surface area (Å²) in [5, 5.41) is 3.41. The topological polar surface area (TPSA) is 38.3 Å². The van der Waals surface area contributed by atoms with Crippen LogP contribution < -0.4 is 10.1 Å². The molecular formula is C16H16ClF2NO2S. The van der Waals surface area contributed by atoms with E-state index in [-0.39, 0.29) is 10.6 Å². The van der Waals surface area contributed by atoms with Gasteiger partial charge in [0.2, 0.25) is 0 Å². The molecule has 0 atom stereocenters. The van der Waals surface area contributed by atoms with Crippen molar-refractivity contribution in [3.05, 3.63) is 50.7 Å². The van der Waals surface area contributed by atoms with Crippen LogP contribution >= 0.6 is 22.9 Å². The number of hydrogen-bond acceptors (Lipinski definition) is 3. The van der Waals surface area contributed by atoms with Gasteiger partial charge in [0.1, 0.15) is 10.6 Å². The SMILES string of the molecule is Cc1cc(OC(F)F)c(C(=O)NCCCc2ccc(Cl)cc2)s1. The molecule has 0 fully saturated rings. The number of amides is 1. The number of aryl methyl sites for hydroxylation is 2. The van der Waals surface area contributed by atoms with Gasteiger partial charge in [0, 0.05) is 16.4 Å². The van der Waals surface area contributed by atoms with E-state index < -0.39 is 12.5 Å². The minimum atomic E-state index is -2.94. The maximum atomic E-state index is 12.3. The molecule has 124 valence electrons. The summed E-state index contributed by atoms with van der Waals surface area (Å²) in [6.07, 6.45) is 1.53. The molecule has 0 bridgehead atoms. The van der Waals surface area contributed by atoms with Crippen molar-refractivity contribution in [1.29, 1.82) is 0 Å². The number of nitrogens with one attached hydrogen (secondary N) is 1. The molecule has 2 rings (SSSR count). The van der Waals surface area contributed by atoms with Crippen LogP contribution in [0.4, 0.5) is 8.78 Å². The molecule has 3 nitrogen and oxygen atoms in total. The van der Waals surface area contributed by atoms with E-state index in [1.807, 2.05) is 24.3 Å². The summed E-state index contributed by atoms with van der Waals surface area (Å²) in [6, 6.07) is 8.94. The molecule has 1 heterocycles. The van der Waals surface area contributed by atoms with E-state index >= 15 is 0 Å². The number of ether oxygens (including phenoxy) is 1. The molecule has 1 amide bonds. The molecular weight excluding hydrogens is 344 g/mol. The molecule has 23 heavy (non-hydrogen) atoms. The van der Waals surface area contributed by atoms with Gasteiger partial charge in [0.15, 0.2) is 0 Å². The van der Waals surface area contributed by atoms with Gasteiger partial charge in [0.25, 0.3) is 5.91 Å². The van der Waals surface area contributed by atoms with Crippen LogP contribution in [0.5, 0.6) is 5.75 Å². The number of carbonyl (C=O) groups excluding carboxylic acids is 1. The second-order valence-electron chi connectivity index (χ2n) is 4.91. The predicted octanol–water partition coefficient (Wildman–Crippen LogP) is 4.67. The van der Waals surface area contributed by atoms with Gasteiger partial charge < -0.3 is 10.1 Å². The normalized spacial score (nSPS) is 10.8. The van der Waals surface area contributed by atoms with Crippen LogP contribution in [0.3, 0.4) is 0 Å². The average Bonchev–Trinajstić information content (AvgIpc) is 2.85. The summed E-state index contributed by atoms with van der Waals surface area (Å²) in [5.74, 6) is -0.465. The Kier molecular flexibility index (Phi) is 6.36. The number of rotatable bonds is 7. The van der Waals surface area contributed by atoms with Crippen molar-refractivity contribution >= 4 is 28.8 Å². The highest BCUT2D eigenvalue weighted by atomic mass is 35.5. The monoisotopic (exact) mass is 359 g/mol. The Hall–Kier alpha value is -1.66. The van der Waals surface area contributed by atoms with E-state index in [1.165, 1.54) is 6.07 Å². The van der Waals surface area contributed by atoms with Gasteiger partial charge in [-0.25, -0.2) is 0 Å². The lowest BCUT2D eigenvalue weighted by Gasteiger charge is -2.07. The molecule has 0 aliphatic carbocycles. The largest absolute Gasteiger partial charge is 0.433 e. The molecule has 0 saturated carbocycles. The second kappa shape index (κ2) is 8.26. The van der Waals surface area contributed by atoms with Crippen molar-refractivity contribution in [2.75, 3.05) is 6.54 Å². The average molecular weight is 360 g/mol. The first kappa shape index (κ1) is 17.7. The number of benzene rings is 1. The molecule has 0 spiro atoms. The summed E-state index contributed by atoms with van der Waals surface area (Å²) in [4.78, 5) is 13.0. The summed E-state index contributed by atoms with van der Waals surface area (Å²) in [6.45, 7) is -0.757. The van der Waals surface area contributed by atoms with E-state index in [0.29, 0.717) is 11.6 Å². The molecule has 7 heteroatoms. The van der Waals surface area contributed by atoms with Crippen molar-refractivity contribution < 1.29 is 18.3 Å². The number of carbonyl (C=O) groups is 1. The zero-order valence-electron chi connectivity index (χ0n) is 12.4. The first-order valence-electron chi connectivity index (χ1n) is 7.03. The van der Waals surface area contributed by atoms with Crippen LogP contribution in [0.25, 0.3) is 0 Å². The van der Waals surface area contributed by atoms with E-state index in [0.717, 1.165) is 34.6 Å². The smallest absolute Gasteiger partial charge is 0.387 e. The van der Waals surface area contributed by atoms with Crippen molar-refractivity contribution in [3.63, 3.8) is 0 Å². The predicted molar refractivity (Wildman–Crippen MR) is 87.8 cm³/mol. The third-order valence-electron chi connectivity index (χ3n) is 3.08. The number of halogens is 3. The summed E-state index contributed by atoms with van der Waals surface area (Å²) in [7, 11) is 0. The molecule has 0 unspecified atom stereocenters. The number of alkyl halides is 2. The van der Waals surface area contributed by atoms with Crippen molar-refractivity contribution in [2.45, 2.75) is 26.4 Å². The van der Waals surface area contributed by atoms with Crippen molar-refractivity contribution in [3.8, 4) is 5.75 Å². The molecule has 1 N–H and O–H groups in total. The first-order chi connectivity index (χ1) is 11.0. The van der Waals surface area contributed by atoms with E-state index in [2.05, 4.69) is 10.1 Å². The molecule has 2 aromatic rings. The minimum absolute atomic E-state index is 0.0716. The van der Waals surface area contributed by atoms with Gasteiger partial charge in [-0.05, 0) is 43.5 Å². The van der Waals surface area contributed by atoms with Crippen LogP contribution in [0, 0.1) is 6.92 Å². The highest BCUT2D eigenvalue weighted by molar-refractivity contribution is 7.14. The van der Waals surface area contributed by atoms with Crippen LogP contribution in [0.1, 0.15) is 26.5 Å². The fourth-order valence-corrected chi connectivity index (χ4v) is 3.04.